The molecule has 26 heavy (non-hydrogen) atoms. The highest BCUT2D eigenvalue weighted by Gasteiger charge is 2.36. The number of benzene rings is 2. The first-order valence-corrected chi connectivity index (χ1v) is 9.37. The maximum absolute atomic E-state index is 13.6. The average molecular weight is 374 g/mol. The maximum Gasteiger partial charge on any atom is 0.254 e. The minimum absolute atomic E-state index is 0.0342. The van der Waals surface area contributed by atoms with Crippen LogP contribution in [0.4, 0.5) is 4.39 Å². The van der Waals surface area contributed by atoms with Gasteiger partial charge in [0.15, 0.2) is 0 Å². The fourth-order valence-corrected chi connectivity index (χ4v) is 3.73. The van der Waals surface area contributed by atoms with Crippen LogP contribution in [0.3, 0.4) is 0 Å². The summed E-state index contributed by atoms with van der Waals surface area (Å²) in [5.41, 5.74) is 2.83. The monoisotopic (exact) mass is 373 g/mol. The Morgan fingerprint density at radius 2 is 1.96 bits per heavy atom. The topological polar surface area (TPSA) is 29.5 Å². The van der Waals surface area contributed by atoms with E-state index in [9.17, 15) is 9.18 Å². The molecule has 2 aliphatic rings. The summed E-state index contributed by atoms with van der Waals surface area (Å²) in [6.45, 7) is 3.62. The molecule has 1 amide bonds. The van der Waals surface area contributed by atoms with Gasteiger partial charge < -0.3 is 9.64 Å². The highest BCUT2D eigenvalue weighted by Crippen LogP contribution is 2.36. The molecule has 1 unspecified atom stereocenters. The molecule has 2 fully saturated rings. The molecule has 0 bridgehead atoms. The van der Waals surface area contributed by atoms with Crippen LogP contribution in [0.1, 0.15) is 28.8 Å². The molecule has 5 heteroatoms. The van der Waals surface area contributed by atoms with Crippen LogP contribution < -0.4 is 0 Å². The van der Waals surface area contributed by atoms with Crippen LogP contribution >= 0.6 is 11.6 Å². The number of halogens is 2. The second-order valence-corrected chi connectivity index (χ2v) is 7.56. The van der Waals surface area contributed by atoms with Crippen molar-refractivity contribution in [2.24, 2.45) is 5.92 Å². The van der Waals surface area contributed by atoms with Crippen molar-refractivity contribution in [1.82, 2.24) is 4.90 Å². The number of hydrogen-bond acceptors (Lipinski definition) is 2. The third kappa shape index (κ3) is 3.49. The molecule has 2 aromatic rings. The van der Waals surface area contributed by atoms with Gasteiger partial charge in [-0.25, -0.2) is 4.39 Å². The van der Waals surface area contributed by atoms with E-state index in [4.69, 9.17) is 16.3 Å². The maximum atomic E-state index is 13.6. The Kier molecular flexibility index (Phi) is 4.72. The van der Waals surface area contributed by atoms with Gasteiger partial charge in [-0.05, 0) is 61.1 Å². The normalized spacial score (nSPS) is 20.3. The number of ether oxygens (including phenoxy) is 1. The number of carbonyl (C=O) groups excluding carboxylic acids is 1. The Morgan fingerprint density at radius 3 is 2.65 bits per heavy atom. The van der Waals surface area contributed by atoms with Crippen molar-refractivity contribution in [2.45, 2.75) is 25.9 Å². The molecule has 1 aliphatic carbocycles. The van der Waals surface area contributed by atoms with Gasteiger partial charge in [-0.15, -0.1) is 0 Å². The van der Waals surface area contributed by atoms with E-state index in [1.807, 2.05) is 29.2 Å². The van der Waals surface area contributed by atoms with Gasteiger partial charge in [-0.1, -0.05) is 23.7 Å². The fraction of sp³-hybridized carbons (Fsp3) is 0.381. The molecule has 0 aromatic heterocycles. The molecule has 4 rings (SSSR count). The van der Waals surface area contributed by atoms with Crippen molar-refractivity contribution >= 4 is 17.5 Å². The summed E-state index contributed by atoms with van der Waals surface area (Å²) in [4.78, 5) is 14.7. The largest absolute Gasteiger partial charge is 0.374 e. The molecule has 136 valence electrons. The summed E-state index contributed by atoms with van der Waals surface area (Å²) in [6.07, 6.45) is 2.60. The predicted octanol–water partition coefficient (Wildman–Crippen LogP) is 4.71. The molecule has 1 aliphatic heterocycles. The van der Waals surface area contributed by atoms with Crippen molar-refractivity contribution in [3.63, 3.8) is 0 Å². The lowest BCUT2D eigenvalue weighted by Gasteiger charge is -2.33. The lowest BCUT2D eigenvalue weighted by Crippen LogP contribution is -2.46. The van der Waals surface area contributed by atoms with Gasteiger partial charge in [0, 0.05) is 24.2 Å². The number of hydrogen-bond donors (Lipinski definition) is 0. The minimum atomic E-state index is -0.317. The number of aryl methyl sites for hydroxylation is 1. The smallest absolute Gasteiger partial charge is 0.254 e. The predicted molar refractivity (Wildman–Crippen MR) is 100.0 cm³/mol. The van der Waals surface area contributed by atoms with Gasteiger partial charge in [0.05, 0.1) is 17.7 Å². The molecule has 2 aromatic carbocycles. The Balaban J connectivity index is 1.52. The SMILES string of the molecule is Cc1cc(-c2ccc(C(=O)N3CCOC(C4CC4)C3)cc2)c(Cl)cc1F. The van der Waals surface area contributed by atoms with Crippen LogP contribution in [0.15, 0.2) is 36.4 Å². The average Bonchev–Trinajstić information content (AvgIpc) is 3.50. The second-order valence-electron chi connectivity index (χ2n) is 7.16. The summed E-state index contributed by atoms with van der Waals surface area (Å²) >= 11 is 6.18. The highest BCUT2D eigenvalue weighted by molar-refractivity contribution is 6.33. The number of amides is 1. The zero-order valence-electron chi connectivity index (χ0n) is 14.7. The van der Waals surface area contributed by atoms with Gasteiger partial charge in [0.25, 0.3) is 5.91 Å². The lowest BCUT2D eigenvalue weighted by atomic mass is 10.0. The summed E-state index contributed by atoms with van der Waals surface area (Å²) in [7, 11) is 0. The standard InChI is InChI=1S/C21H21ClFNO2/c1-13-10-17(18(22)11-19(13)23)14-2-6-16(7-3-14)21(25)24-8-9-26-20(12-24)15-4-5-15/h2-3,6-7,10-11,15,20H,4-5,8-9,12H2,1H3. The zero-order chi connectivity index (χ0) is 18.3. The first kappa shape index (κ1) is 17.5. The molecular weight excluding hydrogens is 353 g/mol. The number of morpholine rings is 1. The van der Waals surface area contributed by atoms with E-state index in [1.165, 1.54) is 18.9 Å². The summed E-state index contributed by atoms with van der Waals surface area (Å²) in [5, 5.41) is 0.368. The quantitative estimate of drug-likeness (QED) is 0.780. The number of nitrogens with zero attached hydrogens (tertiary/aromatic N) is 1. The number of rotatable bonds is 3. The van der Waals surface area contributed by atoms with Crippen molar-refractivity contribution in [1.29, 1.82) is 0 Å². The van der Waals surface area contributed by atoms with Crippen molar-refractivity contribution in [3.8, 4) is 11.1 Å². The molecule has 0 spiro atoms. The lowest BCUT2D eigenvalue weighted by molar-refractivity contribution is -0.0313. The van der Waals surface area contributed by atoms with E-state index in [-0.39, 0.29) is 17.8 Å². The zero-order valence-corrected chi connectivity index (χ0v) is 15.4. The van der Waals surface area contributed by atoms with Crippen molar-refractivity contribution < 1.29 is 13.9 Å². The Morgan fingerprint density at radius 1 is 1.23 bits per heavy atom. The Labute approximate surface area is 157 Å². The number of carbonyl (C=O) groups is 1. The van der Waals surface area contributed by atoms with E-state index in [2.05, 4.69) is 0 Å². The summed E-state index contributed by atoms with van der Waals surface area (Å²) in [5.74, 6) is 0.340. The van der Waals surface area contributed by atoms with E-state index in [0.29, 0.717) is 41.8 Å². The minimum Gasteiger partial charge on any atom is -0.374 e. The van der Waals surface area contributed by atoms with Crippen molar-refractivity contribution in [2.75, 3.05) is 19.7 Å². The van der Waals surface area contributed by atoms with Gasteiger partial charge in [-0.2, -0.15) is 0 Å². The molecule has 1 saturated heterocycles. The van der Waals surface area contributed by atoms with Gasteiger partial charge in [0.2, 0.25) is 0 Å². The van der Waals surface area contributed by atoms with E-state index >= 15 is 0 Å². The second kappa shape index (κ2) is 7.01. The first-order chi connectivity index (χ1) is 12.5. The molecule has 1 heterocycles. The third-order valence-corrected chi connectivity index (χ3v) is 5.53. The Hall–Kier alpha value is -1.91. The molecule has 0 N–H and O–H groups in total. The summed E-state index contributed by atoms with van der Waals surface area (Å²) < 4.78 is 19.4. The molecule has 0 radical (unpaired) electrons. The summed E-state index contributed by atoms with van der Waals surface area (Å²) in [6, 6.07) is 10.4. The first-order valence-electron chi connectivity index (χ1n) is 9.00. The fourth-order valence-electron chi connectivity index (χ4n) is 3.47. The highest BCUT2D eigenvalue weighted by atomic mass is 35.5. The van der Waals surface area contributed by atoms with Gasteiger partial charge in [0.1, 0.15) is 5.82 Å². The molecule has 1 saturated carbocycles. The van der Waals surface area contributed by atoms with Crippen LogP contribution in [0, 0.1) is 18.7 Å². The van der Waals surface area contributed by atoms with E-state index in [0.717, 1.165) is 11.1 Å². The van der Waals surface area contributed by atoms with Gasteiger partial charge >= 0.3 is 0 Å². The molecule has 3 nitrogen and oxygen atoms in total. The third-order valence-electron chi connectivity index (χ3n) is 5.22. The van der Waals surface area contributed by atoms with Crippen LogP contribution in [-0.2, 0) is 4.74 Å². The van der Waals surface area contributed by atoms with Gasteiger partial charge in [-0.3, -0.25) is 4.79 Å². The Bertz CT molecular complexity index is 833. The van der Waals surface area contributed by atoms with Crippen LogP contribution in [0.2, 0.25) is 5.02 Å². The van der Waals surface area contributed by atoms with Crippen LogP contribution in [0.5, 0.6) is 0 Å². The molecule has 1 atom stereocenters. The van der Waals surface area contributed by atoms with E-state index in [1.54, 1.807) is 13.0 Å². The van der Waals surface area contributed by atoms with Crippen molar-refractivity contribution in [3.05, 3.63) is 58.4 Å². The van der Waals surface area contributed by atoms with E-state index < -0.39 is 0 Å². The molecular formula is C21H21ClFNO2. The van der Waals surface area contributed by atoms with Crippen LogP contribution in [-0.4, -0.2) is 36.6 Å². The van der Waals surface area contributed by atoms with Crippen LogP contribution in [0.25, 0.3) is 11.1 Å².